The molecule has 1 aliphatic carbocycles. The maximum Gasteiger partial charge on any atom is 0.407 e. The van der Waals surface area contributed by atoms with Crippen LogP contribution in [0.4, 0.5) is 4.79 Å². The van der Waals surface area contributed by atoms with Gasteiger partial charge in [-0.2, -0.15) is 0 Å². The smallest absolute Gasteiger partial charge is 0.407 e. The summed E-state index contributed by atoms with van der Waals surface area (Å²) < 4.78 is 5.70. The number of hydrogen-bond acceptors (Lipinski definition) is 4. The van der Waals surface area contributed by atoms with Crippen LogP contribution in [0, 0.1) is 5.92 Å². The lowest BCUT2D eigenvalue weighted by Crippen LogP contribution is -2.69. The zero-order valence-corrected chi connectivity index (χ0v) is 18.3. The Balaban J connectivity index is 2.23. The van der Waals surface area contributed by atoms with E-state index >= 15 is 0 Å². The third-order valence-electron chi connectivity index (χ3n) is 5.09. The summed E-state index contributed by atoms with van der Waals surface area (Å²) in [6, 6.07) is 9.46. The minimum absolute atomic E-state index is 0.0230. The molecule has 7 heteroatoms. The summed E-state index contributed by atoms with van der Waals surface area (Å²) in [6.45, 7) is 11.1. The normalized spacial score (nSPS) is 23.7. The molecule has 0 heterocycles. The van der Waals surface area contributed by atoms with Gasteiger partial charge >= 0.3 is 6.09 Å². The summed E-state index contributed by atoms with van der Waals surface area (Å²) in [7, 11) is 0. The molecule has 0 aromatic heterocycles. The molecule has 0 aliphatic heterocycles. The monoisotopic (exact) mass is 415 g/mol. The second-order valence-corrected chi connectivity index (χ2v) is 8.87. The van der Waals surface area contributed by atoms with E-state index in [9.17, 15) is 14.4 Å². The SMILES string of the molecule is C=CC1CCC(OC(=O)NCc2ccccc2)C(NC(C)=O)(C(=O)NC(C)(C)C)C1. The number of carbonyl (C=O) groups excluding carboxylic acids is 3. The molecule has 3 atom stereocenters. The van der Waals surface area contributed by atoms with Gasteiger partial charge in [-0.25, -0.2) is 4.79 Å². The third kappa shape index (κ3) is 6.34. The van der Waals surface area contributed by atoms with Gasteiger partial charge in [0.25, 0.3) is 0 Å². The van der Waals surface area contributed by atoms with Gasteiger partial charge in [-0.15, -0.1) is 6.58 Å². The lowest BCUT2D eigenvalue weighted by atomic mass is 9.72. The first-order valence-corrected chi connectivity index (χ1v) is 10.3. The number of amides is 3. The van der Waals surface area contributed by atoms with E-state index in [2.05, 4.69) is 22.5 Å². The molecule has 1 saturated carbocycles. The number of carbonyl (C=O) groups is 3. The van der Waals surface area contributed by atoms with Crippen molar-refractivity contribution in [3.63, 3.8) is 0 Å². The van der Waals surface area contributed by atoms with Crippen LogP contribution >= 0.6 is 0 Å². The van der Waals surface area contributed by atoms with Gasteiger partial charge in [-0.1, -0.05) is 36.4 Å². The molecule has 0 spiro atoms. The van der Waals surface area contributed by atoms with E-state index in [0.717, 1.165) is 5.56 Å². The predicted molar refractivity (Wildman–Crippen MR) is 116 cm³/mol. The van der Waals surface area contributed by atoms with Crippen LogP contribution in [0.5, 0.6) is 0 Å². The van der Waals surface area contributed by atoms with Crippen LogP contribution in [0.1, 0.15) is 52.5 Å². The molecule has 0 bridgehead atoms. The molecule has 1 aromatic rings. The summed E-state index contributed by atoms with van der Waals surface area (Å²) in [5.41, 5.74) is -0.937. The molecule has 0 saturated heterocycles. The number of alkyl carbamates (subject to hydrolysis) is 1. The number of hydrogen-bond donors (Lipinski definition) is 3. The fraction of sp³-hybridized carbons (Fsp3) is 0.522. The minimum atomic E-state index is -1.36. The van der Waals surface area contributed by atoms with Gasteiger partial charge in [-0.3, -0.25) is 9.59 Å². The summed E-state index contributed by atoms with van der Waals surface area (Å²) in [6.07, 6.45) is 1.83. The number of rotatable bonds is 6. The van der Waals surface area contributed by atoms with E-state index in [4.69, 9.17) is 4.74 Å². The maximum atomic E-state index is 13.3. The first-order valence-electron chi connectivity index (χ1n) is 10.3. The number of allylic oxidation sites excluding steroid dienone is 1. The highest BCUT2D eigenvalue weighted by atomic mass is 16.6. The van der Waals surface area contributed by atoms with Crippen molar-refractivity contribution in [1.29, 1.82) is 0 Å². The van der Waals surface area contributed by atoms with Gasteiger partial charge in [0.05, 0.1) is 0 Å². The lowest BCUT2D eigenvalue weighted by Gasteiger charge is -2.45. The van der Waals surface area contributed by atoms with Crippen molar-refractivity contribution in [1.82, 2.24) is 16.0 Å². The van der Waals surface area contributed by atoms with Gasteiger partial charge in [0, 0.05) is 19.0 Å². The van der Waals surface area contributed by atoms with Gasteiger partial charge < -0.3 is 20.7 Å². The topological polar surface area (TPSA) is 96.5 Å². The van der Waals surface area contributed by atoms with E-state index in [1.165, 1.54) is 6.92 Å². The Morgan fingerprint density at radius 3 is 2.43 bits per heavy atom. The van der Waals surface area contributed by atoms with E-state index in [1.807, 2.05) is 51.1 Å². The molecule has 2 rings (SSSR count). The van der Waals surface area contributed by atoms with Crippen molar-refractivity contribution in [3.8, 4) is 0 Å². The Labute approximate surface area is 178 Å². The summed E-state index contributed by atoms with van der Waals surface area (Å²) in [5, 5.41) is 8.47. The van der Waals surface area contributed by atoms with E-state index in [1.54, 1.807) is 6.08 Å². The molecule has 1 aliphatic rings. The third-order valence-corrected chi connectivity index (χ3v) is 5.09. The zero-order valence-electron chi connectivity index (χ0n) is 18.3. The second kappa shape index (κ2) is 9.78. The molecule has 1 aromatic carbocycles. The van der Waals surface area contributed by atoms with Crippen molar-refractivity contribution in [3.05, 3.63) is 48.6 Å². The Morgan fingerprint density at radius 1 is 1.20 bits per heavy atom. The zero-order chi connectivity index (χ0) is 22.4. The number of benzene rings is 1. The second-order valence-electron chi connectivity index (χ2n) is 8.87. The molecule has 30 heavy (non-hydrogen) atoms. The van der Waals surface area contributed by atoms with Crippen LogP contribution in [0.25, 0.3) is 0 Å². The first-order chi connectivity index (χ1) is 14.1. The first kappa shape index (κ1) is 23.4. The average molecular weight is 416 g/mol. The molecule has 0 radical (unpaired) electrons. The van der Waals surface area contributed by atoms with Crippen LogP contribution in [0.3, 0.4) is 0 Å². The largest absolute Gasteiger partial charge is 0.443 e. The molecule has 3 amide bonds. The van der Waals surface area contributed by atoms with Gasteiger partial charge in [-0.05, 0) is 51.5 Å². The van der Waals surface area contributed by atoms with Crippen LogP contribution in [0.2, 0.25) is 0 Å². The predicted octanol–water partition coefficient (Wildman–Crippen LogP) is 3.06. The minimum Gasteiger partial charge on any atom is -0.443 e. The van der Waals surface area contributed by atoms with Crippen LogP contribution < -0.4 is 16.0 Å². The molecule has 164 valence electrons. The Bertz CT molecular complexity index is 772. The van der Waals surface area contributed by atoms with Gasteiger partial charge in [0.15, 0.2) is 5.54 Å². The molecular weight excluding hydrogens is 382 g/mol. The van der Waals surface area contributed by atoms with E-state index in [-0.39, 0.29) is 17.7 Å². The highest BCUT2D eigenvalue weighted by molar-refractivity contribution is 5.92. The molecule has 3 unspecified atom stereocenters. The van der Waals surface area contributed by atoms with Crippen LogP contribution in [-0.2, 0) is 20.9 Å². The standard InChI is InChI=1S/C23H33N3O4/c1-6-17-12-13-19(30-21(29)24-15-18-10-8-7-9-11-18)23(14-17,25-16(2)27)20(28)26-22(3,4)5/h6-11,17,19H,1,12-15H2,2-5H3,(H,24,29)(H,25,27)(H,26,28). The summed E-state index contributed by atoms with van der Waals surface area (Å²) >= 11 is 0. The van der Waals surface area contributed by atoms with E-state index < -0.39 is 23.3 Å². The highest BCUT2D eigenvalue weighted by Gasteiger charge is 2.52. The van der Waals surface area contributed by atoms with Gasteiger partial charge in [0.1, 0.15) is 6.10 Å². The quantitative estimate of drug-likeness (QED) is 0.622. The fourth-order valence-corrected chi connectivity index (χ4v) is 3.75. The van der Waals surface area contributed by atoms with E-state index in [0.29, 0.717) is 25.8 Å². The van der Waals surface area contributed by atoms with Crippen molar-refractivity contribution in [2.75, 3.05) is 0 Å². The van der Waals surface area contributed by atoms with Gasteiger partial charge in [0.2, 0.25) is 11.8 Å². The van der Waals surface area contributed by atoms with Crippen molar-refractivity contribution in [2.45, 2.75) is 70.7 Å². The Morgan fingerprint density at radius 2 is 1.87 bits per heavy atom. The van der Waals surface area contributed by atoms with Crippen molar-refractivity contribution < 1.29 is 19.1 Å². The maximum absolute atomic E-state index is 13.3. The Kier molecular flexibility index (Phi) is 7.65. The van der Waals surface area contributed by atoms with Crippen molar-refractivity contribution in [2.24, 2.45) is 5.92 Å². The molecule has 1 fully saturated rings. The average Bonchev–Trinajstić information content (AvgIpc) is 2.66. The number of ether oxygens (including phenoxy) is 1. The summed E-state index contributed by atoms with van der Waals surface area (Å²) in [4.78, 5) is 37.9. The van der Waals surface area contributed by atoms with Crippen LogP contribution in [0.15, 0.2) is 43.0 Å². The van der Waals surface area contributed by atoms with Crippen molar-refractivity contribution >= 4 is 17.9 Å². The molecule has 3 N–H and O–H groups in total. The van der Waals surface area contributed by atoms with Crippen LogP contribution in [-0.4, -0.2) is 35.1 Å². The highest BCUT2D eigenvalue weighted by Crippen LogP contribution is 2.36. The molecular formula is C23H33N3O4. The fourth-order valence-electron chi connectivity index (χ4n) is 3.75. The lowest BCUT2D eigenvalue weighted by molar-refractivity contribution is -0.142. The Hall–Kier alpha value is -2.83. The molecule has 7 nitrogen and oxygen atoms in total. The number of nitrogens with one attached hydrogen (secondary N) is 3. The summed E-state index contributed by atoms with van der Waals surface area (Å²) in [5.74, 6) is -0.700.